The molecule has 2 saturated carbocycles. The second kappa shape index (κ2) is 4.31. The highest BCUT2D eigenvalue weighted by Gasteiger charge is 2.61. The fourth-order valence-corrected chi connectivity index (χ4v) is 4.67. The molecule has 1 N–H and O–H groups in total. The van der Waals surface area contributed by atoms with Crippen molar-refractivity contribution in [2.24, 2.45) is 17.8 Å². The van der Waals surface area contributed by atoms with E-state index in [0.717, 1.165) is 25.7 Å². The molecule has 1 unspecified atom stereocenters. The van der Waals surface area contributed by atoms with Gasteiger partial charge in [-0.3, -0.25) is 0 Å². The lowest BCUT2D eigenvalue weighted by molar-refractivity contribution is -0.151. The SMILES string of the molecule is C=C1C(=O)O[C@H]2[C@H]1CC[C@@](C)(OC)C1CC[C@@](C)(O)[C@@H]12. The number of fused-ring (bicyclic) bond motifs is 3. The number of esters is 1. The summed E-state index contributed by atoms with van der Waals surface area (Å²) < 4.78 is 11.4. The molecule has 0 aromatic carbocycles. The van der Waals surface area contributed by atoms with Crippen molar-refractivity contribution in [2.75, 3.05) is 7.11 Å². The van der Waals surface area contributed by atoms with Gasteiger partial charge in [0.1, 0.15) is 6.10 Å². The number of carbonyl (C=O) groups excluding carboxylic acids is 1. The van der Waals surface area contributed by atoms with Crippen LogP contribution in [-0.4, -0.2) is 35.5 Å². The van der Waals surface area contributed by atoms with Crippen LogP contribution in [0.2, 0.25) is 0 Å². The smallest absolute Gasteiger partial charge is 0.334 e. The quantitative estimate of drug-likeness (QED) is 0.590. The van der Waals surface area contributed by atoms with E-state index in [-0.39, 0.29) is 35.4 Å². The first kappa shape index (κ1) is 14.1. The Labute approximate surface area is 120 Å². The second-order valence-electron chi connectivity index (χ2n) is 7.09. The summed E-state index contributed by atoms with van der Waals surface area (Å²) in [5.41, 5.74) is -0.498. The largest absolute Gasteiger partial charge is 0.458 e. The van der Waals surface area contributed by atoms with Crippen molar-refractivity contribution >= 4 is 5.97 Å². The third kappa shape index (κ3) is 1.77. The van der Waals surface area contributed by atoms with Gasteiger partial charge < -0.3 is 14.6 Å². The summed E-state index contributed by atoms with van der Waals surface area (Å²) in [4.78, 5) is 11.8. The number of ether oxygens (including phenoxy) is 2. The zero-order chi connectivity index (χ0) is 14.7. The normalized spacial score (nSPS) is 51.4. The molecule has 0 amide bonds. The van der Waals surface area contributed by atoms with Gasteiger partial charge in [0.05, 0.1) is 11.2 Å². The summed E-state index contributed by atoms with van der Waals surface area (Å²) in [6, 6.07) is 0. The first-order valence-electron chi connectivity index (χ1n) is 7.47. The predicted molar refractivity (Wildman–Crippen MR) is 74.0 cm³/mol. The van der Waals surface area contributed by atoms with Gasteiger partial charge in [-0.2, -0.15) is 0 Å². The molecule has 0 radical (unpaired) electrons. The van der Waals surface area contributed by atoms with Crippen LogP contribution in [0.3, 0.4) is 0 Å². The summed E-state index contributed by atoms with van der Waals surface area (Å²) in [6.07, 6.45) is 3.11. The number of aliphatic hydroxyl groups is 1. The van der Waals surface area contributed by atoms with Gasteiger partial charge in [-0.25, -0.2) is 4.79 Å². The first-order chi connectivity index (χ1) is 9.30. The van der Waals surface area contributed by atoms with Crippen molar-refractivity contribution in [3.8, 4) is 0 Å². The van der Waals surface area contributed by atoms with Crippen LogP contribution in [-0.2, 0) is 14.3 Å². The second-order valence-corrected chi connectivity index (χ2v) is 7.09. The summed E-state index contributed by atoms with van der Waals surface area (Å²) in [5.74, 6) is -0.113. The zero-order valence-corrected chi connectivity index (χ0v) is 12.5. The van der Waals surface area contributed by atoms with Gasteiger partial charge in [0.15, 0.2) is 0 Å². The standard InChI is InChI=1S/C16H24O4/c1-9-10-5-8-16(3,19-4)11-6-7-15(2,18)12(11)13(10)20-14(9)17/h10-13,18H,1,5-8H2,2-4H3/t10-,11?,12-,13-,15+,16+/m0/s1. The van der Waals surface area contributed by atoms with Gasteiger partial charge >= 0.3 is 5.97 Å². The van der Waals surface area contributed by atoms with Crippen LogP contribution < -0.4 is 0 Å². The van der Waals surface area contributed by atoms with Crippen LogP contribution in [0.1, 0.15) is 39.5 Å². The minimum atomic E-state index is -0.803. The van der Waals surface area contributed by atoms with Gasteiger partial charge in [0.2, 0.25) is 0 Å². The number of hydrogen-bond donors (Lipinski definition) is 1. The maximum atomic E-state index is 11.8. The van der Waals surface area contributed by atoms with Crippen molar-refractivity contribution in [1.82, 2.24) is 0 Å². The molecular weight excluding hydrogens is 256 g/mol. The number of hydrogen-bond acceptors (Lipinski definition) is 4. The van der Waals surface area contributed by atoms with Crippen LogP contribution in [0.5, 0.6) is 0 Å². The zero-order valence-electron chi connectivity index (χ0n) is 12.5. The van der Waals surface area contributed by atoms with E-state index >= 15 is 0 Å². The van der Waals surface area contributed by atoms with Crippen LogP contribution in [0, 0.1) is 17.8 Å². The lowest BCUT2D eigenvalue weighted by Gasteiger charge is -2.40. The molecule has 0 bridgehead atoms. The van der Waals surface area contributed by atoms with Crippen molar-refractivity contribution in [2.45, 2.75) is 56.8 Å². The van der Waals surface area contributed by atoms with Crippen LogP contribution in [0.15, 0.2) is 12.2 Å². The highest BCUT2D eigenvalue weighted by molar-refractivity contribution is 5.90. The van der Waals surface area contributed by atoms with E-state index in [9.17, 15) is 9.90 Å². The highest BCUT2D eigenvalue weighted by Crippen LogP contribution is 2.56. The minimum absolute atomic E-state index is 0.0246. The monoisotopic (exact) mass is 280 g/mol. The Hall–Kier alpha value is -0.870. The average Bonchev–Trinajstić information content (AvgIpc) is 2.80. The Balaban J connectivity index is 2.04. The number of methoxy groups -OCH3 is 1. The Kier molecular flexibility index (Phi) is 3.04. The van der Waals surface area contributed by atoms with Crippen LogP contribution in [0.25, 0.3) is 0 Å². The number of carbonyl (C=O) groups is 1. The van der Waals surface area contributed by atoms with Crippen LogP contribution in [0.4, 0.5) is 0 Å². The Morgan fingerprint density at radius 3 is 2.70 bits per heavy atom. The van der Waals surface area contributed by atoms with E-state index in [2.05, 4.69) is 13.5 Å². The van der Waals surface area contributed by atoms with E-state index in [0.29, 0.717) is 5.57 Å². The molecule has 3 aliphatic rings. The fraction of sp³-hybridized carbons (Fsp3) is 0.812. The summed E-state index contributed by atoms with van der Waals surface area (Å²) >= 11 is 0. The van der Waals surface area contributed by atoms with E-state index in [1.807, 2.05) is 6.92 Å². The third-order valence-electron chi connectivity index (χ3n) is 6.02. The fourth-order valence-electron chi connectivity index (χ4n) is 4.67. The minimum Gasteiger partial charge on any atom is -0.458 e. The van der Waals surface area contributed by atoms with E-state index in [4.69, 9.17) is 9.47 Å². The van der Waals surface area contributed by atoms with E-state index < -0.39 is 5.60 Å². The van der Waals surface area contributed by atoms with Gasteiger partial charge in [0.25, 0.3) is 0 Å². The molecule has 4 heteroatoms. The maximum Gasteiger partial charge on any atom is 0.334 e. The molecule has 1 saturated heterocycles. The van der Waals surface area contributed by atoms with Gasteiger partial charge in [-0.05, 0) is 45.4 Å². The predicted octanol–water partition coefficient (Wildman–Crippen LogP) is 2.06. The van der Waals surface area contributed by atoms with Crippen molar-refractivity contribution in [3.05, 3.63) is 12.2 Å². The molecule has 1 aliphatic heterocycles. The molecule has 0 spiro atoms. The number of rotatable bonds is 1. The summed E-state index contributed by atoms with van der Waals surface area (Å²) in [5, 5.41) is 10.8. The third-order valence-corrected chi connectivity index (χ3v) is 6.02. The first-order valence-corrected chi connectivity index (χ1v) is 7.47. The lowest BCUT2D eigenvalue weighted by atomic mass is 9.74. The molecule has 2 aliphatic carbocycles. The molecule has 20 heavy (non-hydrogen) atoms. The molecule has 4 nitrogen and oxygen atoms in total. The molecule has 0 aromatic rings. The lowest BCUT2D eigenvalue weighted by Crippen LogP contribution is -2.47. The molecule has 0 aromatic heterocycles. The topological polar surface area (TPSA) is 55.8 Å². The van der Waals surface area contributed by atoms with Crippen molar-refractivity contribution in [3.63, 3.8) is 0 Å². The Morgan fingerprint density at radius 1 is 1.35 bits per heavy atom. The molecule has 112 valence electrons. The molecule has 6 atom stereocenters. The van der Waals surface area contributed by atoms with Gasteiger partial charge in [-0.15, -0.1) is 0 Å². The molecule has 3 rings (SSSR count). The van der Waals surface area contributed by atoms with Crippen LogP contribution >= 0.6 is 0 Å². The van der Waals surface area contributed by atoms with Gasteiger partial charge in [-0.1, -0.05) is 6.58 Å². The Bertz CT molecular complexity index is 455. The Morgan fingerprint density at radius 2 is 2.05 bits per heavy atom. The average molecular weight is 280 g/mol. The maximum absolute atomic E-state index is 11.8. The van der Waals surface area contributed by atoms with Gasteiger partial charge in [0, 0.05) is 24.5 Å². The van der Waals surface area contributed by atoms with Crippen molar-refractivity contribution < 1.29 is 19.4 Å². The summed E-state index contributed by atoms with van der Waals surface area (Å²) in [6.45, 7) is 7.89. The van der Waals surface area contributed by atoms with E-state index in [1.54, 1.807) is 7.11 Å². The molecule has 3 fully saturated rings. The highest BCUT2D eigenvalue weighted by atomic mass is 16.6. The van der Waals surface area contributed by atoms with E-state index in [1.165, 1.54) is 0 Å². The summed E-state index contributed by atoms with van der Waals surface area (Å²) in [7, 11) is 1.74. The van der Waals surface area contributed by atoms with Crippen molar-refractivity contribution in [1.29, 1.82) is 0 Å². The molecule has 1 heterocycles. The molecular formula is C16H24O4.